The van der Waals surface area contributed by atoms with Gasteiger partial charge in [-0.3, -0.25) is 4.79 Å². The Bertz CT molecular complexity index is 1040. The molecule has 0 aromatic heterocycles. The largest absolute Gasteiger partial charge is 0.497 e. The molecule has 182 valence electrons. The molecule has 8 heteroatoms. The van der Waals surface area contributed by atoms with Crippen LogP contribution in [0.2, 0.25) is 0 Å². The number of carbonyl (C=O) groups excluding carboxylic acids is 1. The van der Waals surface area contributed by atoms with Crippen molar-refractivity contribution in [3.05, 3.63) is 101 Å². The van der Waals surface area contributed by atoms with Gasteiger partial charge in [0.05, 0.1) is 12.7 Å². The van der Waals surface area contributed by atoms with Crippen molar-refractivity contribution in [2.75, 3.05) is 20.7 Å². The minimum Gasteiger partial charge on any atom is -0.497 e. The number of alkyl halides is 3. The first-order chi connectivity index (χ1) is 15.8. The van der Waals surface area contributed by atoms with Gasteiger partial charge in [-0.2, -0.15) is 13.2 Å². The summed E-state index contributed by atoms with van der Waals surface area (Å²) >= 11 is 0. The summed E-state index contributed by atoms with van der Waals surface area (Å²) in [5.41, 5.74) is 1.84. The molecule has 0 bridgehead atoms. The van der Waals surface area contributed by atoms with Crippen molar-refractivity contribution in [3.8, 4) is 5.75 Å². The molecule has 3 aromatic carbocycles. The number of carbonyl (C=O) groups is 1. The van der Waals surface area contributed by atoms with Crippen molar-refractivity contribution in [2.45, 2.75) is 24.6 Å². The molecule has 0 saturated carbocycles. The number of rotatable bonds is 9. The van der Waals surface area contributed by atoms with Gasteiger partial charge in [0.2, 0.25) is 5.91 Å². The summed E-state index contributed by atoms with van der Waals surface area (Å²) in [7, 11) is 3.16. The smallest absolute Gasteiger partial charge is 0.416 e. The number of likely N-dealkylation sites (N-methyl/N-ethyl adjacent to an activating group) is 1. The predicted molar refractivity (Wildman–Crippen MR) is 129 cm³/mol. The van der Waals surface area contributed by atoms with E-state index in [-0.39, 0.29) is 24.2 Å². The average Bonchev–Trinajstić information content (AvgIpc) is 2.84. The molecule has 0 aliphatic rings. The van der Waals surface area contributed by atoms with Crippen molar-refractivity contribution in [1.29, 1.82) is 0 Å². The van der Waals surface area contributed by atoms with Gasteiger partial charge in [-0.1, -0.05) is 54.6 Å². The van der Waals surface area contributed by atoms with Crippen LogP contribution < -0.4 is 15.4 Å². The third kappa shape index (κ3) is 6.98. The molecular formula is C26H28ClF3N2O2. The third-order valence-electron chi connectivity index (χ3n) is 5.56. The van der Waals surface area contributed by atoms with Crippen LogP contribution in [-0.2, 0) is 11.0 Å². The summed E-state index contributed by atoms with van der Waals surface area (Å²) in [5, 5.41) is 5.97. The van der Waals surface area contributed by atoms with E-state index < -0.39 is 17.8 Å². The quantitative estimate of drug-likeness (QED) is 0.401. The van der Waals surface area contributed by atoms with E-state index >= 15 is 0 Å². The summed E-state index contributed by atoms with van der Waals surface area (Å²) in [4.78, 5) is 12.4. The second-order valence-electron chi connectivity index (χ2n) is 7.65. The van der Waals surface area contributed by atoms with E-state index in [1.54, 1.807) is 14.2 Å². The van der Waals surface area contributed by atoms with Gasteiger partial charge in [0.25, 0.3) is 0 Å². The average molecular weight is 493 g/mol. The molecule has 3 aromatic rings. The number of methoxy groups -OCH3 is 1. The minimum absolute atomic E-state index is 0. The SMILES string of the molecule is CNC(=O)[C@@H](NCC[C@H](c1ccc(C(F)(F)F)cc1)c1cccc(OC)c1)c1ccccc1.Cl. The fraction of sp³-hybridized carbons (Fsp3) is 0.269. The first kappa shape index (κ1) is 27.2. The van der Waals surface area contributed by atoms with Crippen LogP contribution in [0.5, 0.6) is 5.75 Å². The normalized spacial score (nSPS) is 12.9. The van der Waals surface area contributed by atoms with Gasteiger partial charge in [-0.05, 0) is 53.9 Å². The maximum Gasteiger partial charge on any atom is 0.416 e. The fourth-order valence-electron chi connectivity index (χ4n) is 3.81. The minimum atomic E-state index is -4.39. The zero-order valence-electron chi connectivity index (χ0n) is 18.9. The van der Waals surface area contributed by atoms with Gasteiger partial charge in [0.1, 0.15) is 11.8 Å². The monoisotopic (exact) mass is 492 g/mol. The van der Waals surface area contributed by atoms with Gasteiger partial charge in [0.15, 0.2) is 0 Å². The molecule has 0 radical (unpaired) electrons. The first-order valence-corrected chi connectivity index (χ1v) is 10.6. The molecule has 34 heavy (non-hydrogen) atoms. The molecule has 0 aliphatic carbocycles. The summed E-state index contributed by atoms with van der Waals surface area (Å²) in [6.45, 7) is 0.468. The van der Waals surface area contributed by atoms with Crippen LogP contribution in [0.3, 0.4) is 0 Å². The number of benzene rings is 3. The highest BCUT2D eigenvalue weighted by Gasteiger charge is 2.30. The molecule has 3 rings (SSSR count). The van der Waals surface area contributed by atoms with E-state index in [0.29, 0.717) is 18.7 Å². The third-order valence-corrected chi connectivity index (χ3v) is 5.56. The molecule has 2 atom stereocenters. The van der Waals surface area contributed by atoms with Crippen molar-refractivity contribution in [3.63, 3.8) is 0 Å². The van der Waals surface area contributed by atoms with Gasteiger partial charge < -0.3 is 15.4 Å². The fourth-order valence-corrected chi connectivity index (χ4v) is 3.81. The molecule has 2 N–H and O–H groups in total. The molecule has 4 nitrogen and oxygen atoms in total. The van der Waals surface area contributed by atoms with Crippen LogP contribution in [0.1, 0.15) is 40.6 Å². The number of hydrogen-bond donors (Lipinski definition) is 2. The van der Waals surface area contributed by atoms with E-state index in [9.17, 15) is 18.0 Å². The van der Waals surface area contributed by atoms with E-state index in [1.807, 2.05) is 54.6 Å². The zero-order chi connectivity index (χ0) is 23.8. The number of ether oxygens (including phenoxy) is 1. The molecule has 0 fully saturated rings. The van der Waals surface area contributed by atoms with Crippen LogP contribution in [0.4, 0.5) is 13.2 Å². The molecular weight excluding hydrogens is 465 g/mol. The van der Waals surface area contributed by atoms with Crippen LogP contribution >= 0.6 is 12.4 Å². The lowest BCUT2D eigenvalue weighted by molar-refractivity contribution is -0.137. The molecule has 0 spiro atoms. The summed E-state index contributed by atoms with van der Waals surface area (Å²) in [6, 6.07) is 21.6. The lowest BCUT2D eigenvalue weighted by Gasteiger charge is -2.22. The highest BCUT2D eigenvalue weighted by molar-refractivity contribution is 5.85. The first-order valence-electron chi connectivity index (χ1n) is 10.6. The highest BCUT2D eigenvalue weighted by atomic mass is 35.5. The zero-order valence-corrected chi connectivity index (χ0v) is 19.7. The second-order valence-corrected chi connectivity index (χ2v) is 7.65. The van der Waals surface area contributed by atoms with Gasteiger partial charge >= 0.3 is 6.18 Å². The van der Waals surface area contributed by atoms with Gasteiger partial charge in [0, 0.05) is 13.0 Å². The molecule has 0 aliphatic heterocycles. The van der Waals surface area contributed by atoms with Crippen molar-refractivity contribution < 1.29 is 22.7 Å². The Kier molecular flexibility index (Phi) is 9.96. The number of hydrogen-bond acceptors (Lipinski definition) is 3. The highest BCUT2D eigenvalue weighted by Crippen LogP contribution is 2.34. The van der Waals surface area contributed by atoms with Gasteiger partial charge in [-0.25, -0.2) is 0 Å². The van der Waals surface area contributed by atoms with E-state index in [1.165, 1.54) is 12.1 Å². The molecule has 0 heterocycles. The molecule has 1 amide bonds. The topological polar surface area (TPSA) is 50.4 Å². The predicted octanol–water partition coefficient (Wildman–Crippen LogP) is 5.73. The van der Waals surface area contributed by atoms with E-state index in [4.69, 9.17) is 4.74 Å². The molecule has 0 saturated heterocycles. The second kappa shape index (κ2) is 12.4. The lowest BCUT2D eigenvalue weighted by atomic mass is 9.87. The number of halogens is 4. The van der Waals surface area contributed by atoms with Crippen molar-refractivity contribution in [1.82, 2.24) is 10.6 Å². The Morgan fingerprint density at radius 1 is 0.912 bits per heavy atom. The molecule has 0 unspecified atom stereocenters. The summed E-state index contributed by atoms with van der Waals surface area (Å²) < 4.78 is 44.5. The standard InChI is InChI=1S/C26H27F3N2O2.ClH/c1-30-25(32)24(19-7-4-3-5-8-19)31-16-15-23(20-9-6-10-22(17-20)33-2)18-11-13-21(14-12-18)26(27,28)29;/h3-14,17,23-24,31H,15-16H2,1-2H3,(H,30,32);1H/t23-,24+;/m1./s1. The Balaban J connectivity index is 0.00000408. The van der Waals surface area contributed by atoms with Crippen LogP contribution in [-0.4, -0.2) is 26.6 Å². The van der Waals surface area contributed by atoms with Crippen LogP contribution in [0.15, 0.2) is 78.9 Å². The maximum atomic E-state index is 13.0. The Hall–Kier alpha value is -3.03. The van der Waals surface area contributed by atoms with Crippen LogP contribution in [0, 0.1) is 0 Å². The van der Waals surface area contributed by atoms with Crippen molar-refractivity contribution >= 4 is 18.3 Å². The number of nitrogens with one attached hydrogen (secondary N) is 2. The maximum absolute atomic E-state index is 13.0. The lowest BCUT2D eigenvalue weighted by Crippen LogP contribution is -2.36. The Morgan fingerprint density at radius 2 is 1.56 bits per heavy atom. The van der Waals surface area contributed by atoms with Gasteiger partial charge in [-0.15, -0.1) is 12.4 Å². The van der Waals surface area contributed by atoms with Crippen LogP contribution in [0.25, 0.3) is 0 Å². The summed E-state index contributed by atoms with van der Waals surface area (Å²) in [6.07, 6.45) is -3.82. The van der Waals surface area contributed by atoms with E-state index in [2.05, 4.69) is 10.6 Å². The van der Waals surface area contributed by atoms with E-state index in [0.717, 1.165) is 28.8 Å². The number of amides is 1. The Labute approximate surface area is 203 Å². The summed E-state index contributed by atoms with van der Waals surface area (Å²) in [5.74, 6) is 0.328. The Morgan fingerprint density at radius 3 is 2.15 bits per heavy atom. The van der Waals surface area contributed by atoms with Crippen molar-refractivity contribution in [2.24, 2.45) is 0 Å².